The first kappa shape index (κ1) is 18.7. The van der Waals surface area contributed by atoms with Crippen molar-refractivity contribution in [2.45, 2.75) is 26.7 Å². The van der Waals surface area contributed by atoms with E-state index in [1.165, 1.54) is 10.8 Å². The Labute approximate surface area is 160 Å². The summed E-state index contributed by atoms with van der Waals surface area (Å²) in [7, 11) is 0. The molecule has 0 bridgehead atoms. The van der Waals surface area contributed by atoms with Gasteiger partial charge in [0.25, 0.3) is 0 Å². The SMILES string of the molecule is C1=c2cccnc2=NCC1.C=C(C)c1ccc(-c2ccc(CC)cc2)nc1. The van der Waals surface area contributed by atoms with Crippen LogP contribution in [0.25, 0.3) is 22.9 Å². The van der Waals surface area contributed by atoms with E-state index in [-0.39, 0.29) is 0 Å². The zero-order valence-corrected chi connectivity index (χ0v) is 16.0. The van der Waals surface area contributed by atoms with Gasteiger partial charge in [-0.25, -0.2) is 4.98 Å². The number of hydrogen-bond donors (Lipinski definition) is 0. The molecule has 0 atom stereocenters. The van der Waals surface area contributed by atoms with Gasteiger partial charge in [0.05, 0.1) is 5.69 Å². The molecule has 0 saturated heterocycles. The van der Waals surface area contributed by atoms with Crippen LogP contribution in [0.5, 0.6) is 0 Å². The number of rotatable bonds is 3. The van der Waals surface area contributed by atoms with Gasteiger partial charge in [-0.05, 0) is 54.7 Å². The van der Waals surface area contributed by atoms with E-state index in [0.717, 1.165) is 47.3 Å². The van der Waals surface area contributed by atoms with Crippen molar-refractivity contribution in [3.05, 3.63) is 89.3 Å². The lowest BCUT2D eigenvalue weighted by Gasteiger charge is -2.04. The Morgan fingerprint density at radius 3 is 2.48 bits per heavy atom. The molecule has 3 heterocycles. The molecule has 0 unspecified atom stereocenters. The minimum absolute atomic E-state index is 0.893. The summed E-state index contributed by atoms with van der Waals surface area (Å²) in [5, 5.41) is 1.17. The number of allylic oxidation sites excluding steroid dienone is 1. The number of fused-ring (bicyclic) bond motifs is 1. The summed E-state index contributed by atoms with van der Waals surface area (Å²) in [5.74, 6) is 0. The molecule has 1 aliphatic heterocycles. The topological polar surface area (TPSA) is 38.1 Å². The highest BCUT2D eigenvalue weighted by molar-refractivity contribution is 5.65. The number of nitrogens with zero attached hydrogens (tertiary/aromatic N) is 3. The van der Waals surface area contributed by atoms with Gasteiger partial charge in [0.15, 0.2) is 5.49 Å². The molecule has 3 heteroatoms. The predicted octanol–water partition coefficient (Wildman–Crippen LogP) is 4.23. The van der Waals surface area contributed by atoms with Crippen molar-refractivity contribution in [2.75, 3.05) is 6.54 Å². The van der Waals surface area contributed by atoms with E-state index < -0.39 is 0 Å². The highest BCUT2D eigenvalue weighted by Crippen LogP contribution is 2.19. The van der Waals surface area contributed by atoms with Crippen molar-refractivity contribution in [3.63, 3.8) is 0 Å². The molecular formula is C24H25N3. The van der Waals surface area contributed by atoms with Gasteiger partial charge in [-0.15, -0.1) is 0 Å². The van der Waals surface area contributed by atoms with E-state index in [0.29, 0.717) is 0 Å². The minimum Gasteiger partial charge on any atom is -0.266 e. The highest BCUT2D eigenvalue weighted by Gasteiger charge is 2.00. The van der Waals surface area contributed by atoms with Crippen molar-refractivity contribution in [2.24, 2.45) is 4.99 Å². The van der Waals surface area contributed by atoms with Crippen molar-refractivity contribution >= 4 is 11.6 Å². The van der Waals surface area contributed by atoms with Crippen molar-refractivity contribution in [1.29, 1.82) is 0 Å². The summed E-state index contributed by atoms with van der Waals surface area (Å²) in [6.07, 6.45) is 7.96. The Hall–Kier alpha value is -3.07. The summed E-state index contributed by atoms with van der Waals surface area (Å²) < 4.78 is 0. The van der Waals surface area contributed by atoms with Crippen LogP contribution in [0, 0.1) is 0 Å². The average molecular weight is 355 g/mol. The largest absolute Gasteiger partial charge is 0.266 e. The van der Waals surface area contributed by atoms with Gasteiger partial charge in [0, 0.05) is 29.7 Å². The van der Waals surface area contributed by atoms with E-state index >= 15 is 0 Å². The summed E-state index contributed by atoms with van der Waals surface area (Å²) in [4.78, 5) is 12.8. The van der Waals surface area contributed by atoms with E-state index in [9.17, 15) is 0 Å². The molecule has 0 radical (unpaired) electrons. The standard InChI is InChI=1S/C16H17N.C8H8N2/c1-4-13-5-7-14(8-6-13)16-10-9-15(11-17-16)12(2)3;1-3-7-4-2-6-10-8(7)9-5-1/h5-11H,2,4H2,1,3H3;1,3-5H,2,6H2. The lowest BCUT2D eigenvalue weighted by Crippen LogP contribution is -2.30. The monoisotopic (exact) mass is 355 g/mol. The quantitative estimate of drug-likeness (QED) is 0.705. The molecule has 136 valence electrons. The third kappa shape index (κ3) is 4.98. The molecular weight excluding hydrogens is 330 g/mol. The molecule has 3 nitrogen and oxygen atoms in total. The zero-order valence-electron chi connectivity index (χ0n) is 16.0. The average Bonchev–Trinajstić information content (AvgIpc) is 2.74. The Morgan fingerprint density at radius 2 is 1.85 bits per heavy atom. The summed E-state index contributed by atoms with van der Waals surface area (Å²) in [6, 6.07) is 16.7. The van der Waals surface area contributed by atoms with Crippen molar-refractivity contribution in [3.8, 4) is 11.3 Å². The second-order valence-corrected chi connectivity index (χ2v) is 6.55. The Morgan fingerprint density at radius 1 is 1.04 bits per heavy atom. The molecule has 0 fully saturated rings. The van der Waals surface area contributed by atoms with Gasteiger partial charge in [-0.3, -0.25) is 9.98 Å². The summed E-state index contributed by atoms with van der Waals surface area (Å²) in [5.41, 5.74) is 6.57. The number of aromatic nitrogens is 2. The molecule has 27 heavy (non-hydrogen) atoms. The molecule has 4 rings (SSSR count). The van der Waals surface area contributed by atoms with Crippen LogP contribution < -0.4 is 10.7 Å². The van der Waals surface area contributed by atoms with Gasteiger partial charge < -0.3 is 0 Å². The normalized spacial score (nSPS) is 11.9. The van der Waals surface area contributed by atoms with Crippen molar-refractivity contribution < 1.29 is 0 Å². The lowest BCUT2D eigenvalue weighted by molar-refractivity contribution is 0.918. The highest BCUT2D eigenvalue weighted by atomic mass is 14.8. The molecule has 2 aromatic heterocycles. The van der Waals surface area contributed by atoms with Crippen LogP contribution in [0.2, 0.25) is 0 Å². The van der Waals surface area contributed by atoms with Crippen LogP contribution in [0.15, 0.2) is 72.5 Å². The number of benzene rings is 1. The van der Waals surface area contributed by atoms with Crippen LogP contribution in [0.3, 0.4) is 0 Å². The Balaban J connectivity index is 0.000000177. The maximum Gasteiger partial charge on any atom is 0.154 e. The van der Waals surface area contributed by atoms with Crippen LogP contribution in [-0.4, -0.2) is 16.5 Å². The first-order valence-corrected chi connectivity index (χ1v) is 9.34. The maximum absolute atomic E-state index is 4.46. The number of hydrogen-bond acceptors (Lipinski definition) is 3. The third-order valence-electron chi connectivity index (χ3n) is 4.49. The number of pyridine rings is 2. The Bertz CT molecular complexity index is 981. The lowest BCUT2D eigenvalue weighted by atomic mass is 10.1. The second-order valence-electron chi connectivity index (χ2n) is 6.55. The minimum atomic E-state index is 0.893. The molecule has 0 amide bonds. The van der Waals surface area contributed by atoms with Gasteiger partial charge in [0.1, 0.15) is 0 Å². The molecule has 0 N–H and O–H groups in total. The van der Waals surface area contributed by atoms with Crippen LogP contribution >= 0.6 is 0 Å². The van der Waals surface area contributed by atoms with E-state index in [4.69, 9.17) is 0 Å². The fourth-order valence-electron chi connectivity index (χ4n) is 2.82. The van der Waals surface area contributed by atoms with Gasteiger partial charge >= 0.3 is 0 Å². The zero-order chi connectivity index (χ0) is 19.1. The first-order valence-electron chi connectivity index (χ1n) is 9.34. The van der Waals surface area contributed by atoms with Crippen LogP contribution in [0.4, 0.5) is 0 Å². The summed E-state index contributed by atoms with van der Waals surface area (Å²) >= 11 is 0. The van der Waals surface area contributed by atoms with Gasteiger partial charge in [-0.2, -0.15) is 0 Å². The molecule has 1 aromatic carbocycles. The second kappa shape index (κ2) is 9.04. The maximum atomic E-state index is 4.46. The molecule has 0 spiro atoms. The van der Waals surface area contributed by atoms with Crippen LogP contribution in [-0.2, 0) is 6.42 Å². The van der Waals surface area contributed by atoms with Gasteiger partial charge in [-0.1, -0.05) is 49.9 Å². The van der Waals surface area contributed by atoms with E-state index in [1.54, 1.807) is 6.20 Å². The fraction of sp³-hybridized carbons (Fsp3) is 0.208. The number of aryl methyl sites for hydroxylation is 1. The Kier molecular flexibility index (Phi) is 6.26. The van der Waals surface area contributed by atoms with Crippen molar-refractivity contribution in [1.82, 2.24) is 9.97 Å². The molecule has 3 aromatic rings. The first-order chi connectivity index (χ1) is 13.2. The third-order valence-corrected chi connectivity index (χ3v) is 4.49. The molecule has 1 aliphatic rings. The summed E-state index contributed by atoms with van der Waals surface area (Å²) in [6.45, 7) is 8.96. The van der Waals surface area contributed by atoms with Gasteiger partial charge in [0.2, 0.25) is 0 Å². The van der Waals surface area contributed by atoms with E-state index in [2.05, 4.69) is 64.9 Å². The van der Waals surface area contributed by atoms with Crippen LogP contribution in [0.1, 0.15) is 31.4 Å². The predicted molar refractivity (Wildman–Crippen MR) is 113 cm³/mol. The molecule has 0 aliphatic carbocycles. The van der Waals surface area contributed by atoms with E-state index in [1.807, 2.05) is 31.3 Å². The smallest absolute Gasteiger partial charge is 0.154 e. The fourth-order valence-corrected chi connectivity index (χ4v) is 2.82. The molecule has 0 saturated carbocycles.